The van der Waals surface area contributed by atoms with E-state index < -0.39 is 8.32 Å². The van der Waals surface area contributed by atoms with Crippen LogP contribution in [0.1, 0.15) is 34.6 Å². The van der Waals surface area contributed by atoms with Crippen molar-refractivity contribution in [1.82, 2.24) is 0 Å². The minimum atomic E-state index is -1.61. The fourth-order valence-electron chi connectivity index (χ4n) is 0.719. The molecular weight excluding hydrogens is 188 g/mol. The Bertz CT molecular complexity index is 231. The molecule has 1 nitrogen and oxygen atoms in total. The van der Waals surface area contributed by atoms with E-state index in [2.05, 4.69) is 46.9 Å². The Balaban J connectivity index is 4.46. The summed E-state index contributed by atoms with van der Waals surface area (Å²) in [6.07, 6.45) is 5.99. The lowest BCUT2D eigenvalue weighted by atomic mass is 10.2. The number of allylic oxidation sites excluding steroid dienone is 3. The van der Waals surface area contributed by atoms with Gasteiger partial charge in [-0.15, -0.1) is 0 Å². The first-order chi connectivity index (χ1) is 6.20. The Hall–Kier alpha value is -0.503. The normalized spacial score (nSPS) is 14.9. The molecule has 0 aliphatic carbocycles. The van der Waals surface area contributed by atoms with Crippen LogP contribution in [0.15, 0.2) is 24.0 Å². The third-order valence-electron chi connectivity index (χ3n) is 2.78. The van der Waals surface area contributed by atoms with Gasteiger partial charge in [-0.2, -0.15) is 0 Å². The van der Waals surface area contributed by atoms with Crippen molar-refractivity contribution in [3.05, 3.63) is 24.0 Å². The predicted molar refractivity (Wildman–Crippen MR) is 66.9 cm³/mol. The first-order valence-electron chi connectivity index (χ1n) is 5.18. The molecule has 0 unspecified atom stereocenters. The average molecular weight is 212 g/mol. The van der Waals surface area contributed by atoms with Gasteiger partial charge in [0.1, 0.15) is 0 Å². The van der Waals surface area contributed by atoms with Crippen LogP contribution in [0.4, 0.5) is 0 Å². The summed E-state index contributed by atoms with van der Waals surface area (Å²) in [5.41, 5.74) is 1.18. The van der Waals surface area contributed by atoms with E-state index in [4.69, 9.17) is 4.43 Å². The maximum atomic E-state index is 5.93. The average Bonchev–Trinajstić information content (AvgIpc) is 1.99. The number of hydrogen-bond donors (Lipinski definition) is 0. The minimum absolute atomic E-state index is 0.277. The Morgan fingerprint density at radius 2 is 1.71 bits per heavy atom. The Morgan fingerprint density at radius 1 is 1.21 bits per heavy atom. The van der Waals surface area contributed by atoms with Crippen LogP contribution >= 0.6 is 0 Å². The van der Waals surface area contributed by atoms with Gasteiger partial charge in [0.15, 0.2) is 0 Å². The van der Waals surface area contributed by atoms with Gasteiger partial charge in [-0.3, -0.25) is 0 Å². The van der Waals surface area contributed by atoms with Gasteiger partial charge < -0.3 is 4.43 Å². The van der Waals surface area contributed by atoms with Gasteiger partial charge in [0.25, 0.3) is 0 Å². The van der Waals surface area contributed by atoms with Crippen molar-refractivity contribution in [1.29, 1.82) is 0 Å². The highest BCUT2D eigenvalue weighted by molar-refractivity contribution is 6.74. The molecule has 14 heavy (non-hydrogen) atoms. The van der Waals surface area contributed by atoms with Crippen LogP contribution in [0.5, 0.6) is 0 Å². The molecule has 0 aliphatic rings. The zero-order valence-corrected chi connectivity index (χ0v) is 11.6. The summed E-state index contributed by atoms with van der Waals surface area (Å²) in [5.74, 6) is 0. The fourth-order valence-corrected chi connectivity index (χ4v) is 1.55. The van der Waals surface area contributed by atoms with E-state index in [0.29, 0.717) is 0 Å². The summed E-state index contributed by atoms with van der Waals surface area (Å²) < 4.78 is 5.93. The molecule has 0 N–H and O–H groups in total. The summed E-state index contributed by atoms with van der Waals surface area (Å²) in [7, 11) is -1.61. The topological polar surface area (TPSA) is 9.23 Å². The molecule has 0 rings (SSSR count). The second kappa shape index (κ2) is 4.83. The van der Waals surface area contributed by atoms with Gasteiger partial charge in [-0.1, -0.05) is 32.9 Å². The smallest absolute Gasteiger partial charge is 0.249 e. The van der Waals surface area contributed by atoms with Gasteiger partial charge in [-0.25, -0.2) is 0 Å². The van der Waals surface area contributed by atoms with Crippen molar-refractivity contribution in [3.8, 4) is 0 Å². The maximum absolute atomic E-state index is 5.93. The monoisotopic (exact) mass is 212 g/mol. The largest absolute Gasteiger partial charge is 0.549 e. The molecular formula is C12H24OSi. The van der Waals surface area contributed by atoms with Crippen LogP contribution in [0.25, 0.3) is 0 Å². The molecule has 0 amide bonds. The van der Waals surface area contributed by atoms with Crippen LogP contribution in [0.2, 0.25) is 18.1 Å². The molecule has 0 fully saturated rings. The van der Waals surface area contributed by atoms with Crippen molar-refractivity contribution in [3.63, 3.8) is 0 Å². The SMILES string of the molecule is C/C=C/C(C)=C/O[Si](C)(C)C(C)(C)C. The molecule has 0 saturated carbocycles. The Kier molecular flexibility index (Phi) is 4.65. The van der Waals surface area contributed by atoms with Crippen LogP contribution in [0, 0.1) is 0 Å². The highest BCUT2D eigenvalue weighted by atomic mass is 28.4. The molecule has 0 aromatic heterocycles. The van der Waals surface area contributed by atoms with Crippen LogP contribution in [0.3, 0.4) is 0 Å². The van der Waals surface area contributed by atoms with Crippen molar-refractivity contribution >= 4 is 8.32 Å². The standard InChI is InChI=1S/C12H24OSi/c1-8-9-11(2)10-13-14(6,7)12(3,4)5/h8-10H,1-7H3/b9-8+,11-10+. The van der Waals surface area contributed by atoms with E-state index in [1.165, 1.54) is 5.57 Å². The minimum Gasteiger partial charge on any atom is -0.549 e. The van der Waals surface area contributed by atoms with E-state index in [1.807, 2.05) is 19.3 Å². The van der Waals surface area contributed by atoms with Crippen LogP contribution in [-0.4, -0.2) is 8.32 Å². The van der Waals surface area contributed by atoms with Gasteiger partial charge in [-0.05, 0) is 37.6 Å². The van der Waals surface area contributed by atoms with Gasteiger partial charge in [0.2, 0.25) is 8.32 Å². The Labute approximate surface area is 90.0 Å². The lowest BCUT2D eigenvalue weighted by Crippen LogP contribution is -2.39. The second-order valence-corrected chi connectivity index (χ2v) is 10.00. The Morgan fingerprint density at radius 3 is 2.07 bits per heavy atom. The van der Waals surface area contributed by atoms with Crippen molar-refractivity contribution < 1.29 is 4.43 Å². The molecule has 0 atom stereocenters. The summed E-state index contributed by atoms with van der Waals surface area (Å²) in [5, 5.41) is 0.277. The van der Waals surface area contributed by atoms with E-state index >= 15 is 0 Å². The molecule has 0 radical (unpaired) electrons. The maximum Gasteiger partial charge on any atom is 0.249 e. The zero-order chi connectivity index (χ0) is 11.4. The van der Waals surface area contributed by atoms with Gasteiger partial charge in [0, 0.05) is 0 Å². The lowest BCUT2D eigenvalue weighted by molar-refractivity contribution is 0.427. The molecule has 0 spiro atoms. The van der Waals surface area contributed by atoms with Gasteiger partial charge >= 0.3 is 0 Å². The molecule has 0 aromatic carbocycles. The summed E-state index contributed by atoms with van der Waals surface area (Å²) in [4.78, 5) is 0. The fraction of sp³-hybridized carbons (Fsp3) is 0.667. The molecule has 0 bridgehead atoms. The summed E-state index contributed by atoms with van der Waals surface area (Å²) >= 11 is 0. The van der Waals surface area contributed by atoms with Crippen molar-refractivity contribution in [2.45, 2.75) is 52.8 Å². The molecule has 82 valence electrons. The first kappa shape index (κ1) is 13.5. The van der Waals surface area contributed by atoms with Gasteiger partial charge in [0.05, 0.1) is 6.26 Å². The van der Waals surface area contributed by atoms with E-state index in [-0.39, 0.29) is 5.04 Å². The molecule has 0 saturated heterocycles. The summed E-state index contributed by atoms with van der Waals surface area (Å²) in [6, 6.07) is 0. The second-order valence-electron chi connectivity index (χ2n) is 5.24. The quantitative estimate of drug-likeness (QED) is 0.380. The number of hydrogen-bond acceptors (Lipinski definition) is 1. The first-order valence-corrected chi connectivity index (χ1v) is 8.09. The van der Waals surface area contributed by atoms with E-state index in [0.717, 1.165) is 0 Å². The third kappa shape index (κ3) is 4.14. The van der Waals surface area contributed by atoms with Crippen LogP contribution < -0.4 is 0 Å². The molecule has 0 aliphatic heterocycles. The molecule has 0 heterocycles. The number of rotatable bonds is 3. The summed E-state index contributed by atoms with van der Waals surface area (Å²) in [6.45, 7) is 15.3. The predicted octanol–water partition coefficient (Wildman–Crippen LogP) is 4.49. The highest BCUT2D eigenvalue weighted by Gasteiger charge is 2.37. The van der Waals surface area contributed by atoms with Crippen molar-refractivity contribution in [2.24, 2.45) is 0 Å². The highest BCUT2D eigenvalue weighted by Crippen LogP contribution is 2.36. The molecule has 2 heteroatoms. The molecule has 0 aromatic rings. The zero-order valence-electron chi connectivity index (χ0n) is 10.6. The lowest BCUT2D eigenvalue weighted by Gasteiger charge is -2.35. The third-order valence-corrected chi connectivity index (χ3v) is 7.09. The van der Waals surface area contributed by atoms with Crippen LogP contribution in [-0.2, 0) is 4.43 Å². The van der Waals surface area contributed by atoms with E-state index in [9.17, 15) is 0 Å². The van der Waals surface area contributed by atoms with Crippen molar-refractivity contribution in [2.75, 3.05) is 0 Å². The van der Waals surface area contributed by atoms with E-state index in [1.54, 1.807) is 0 Å².